The van der Waals surface area contributed by atoms with Crippen LogP contribution in [-0.2, 0) is 0 Å². The predicted molar refractivity (Wildman–Crippen MR) is 78.3 cm³/mol. The molecule has 106 valence electrons. The first-order chi connectivity index (χ1) is 9.61. The molecule has 2 aromatic rings. The Balaban J connectivity index is 2.11. The maximum Gasteiger partial charge on any atom is 0.130 e. The van der Waals surface area contributed by atoms with Crippen LogP contribution in [0, 0.1) is 18.6 Å². The van der Waals surface area contributed by atoms with Crippen molar-refractivity contribution >= 4 is 11.8 Å². The van der Waals surface area contributed by atoms with E-state index in [1.165, 1.54) is 12.1 Å². The summed E-state index contributed by atoms with van der Waals surface area (Å²) in [5.74, 6) is 4.88. The van der Waals surface area contributed by atoms with Crippen LogP contribution in [0.25, 0.3) is 0 Å². The Morgan fingerprint density at radius 3 is 2.60 bits per heavy atom. The van der Waals surface area contributed by atoms with Gasteiger partial charge in [-0.05, 0) is 24.6 Å². The highest BCUT2D eigenvalue weighted by molar-refractivity contribution is 7.99. The smallest absolute Gasteiger partial charge is 0.130 e. The van der Waals surface area contributed by atoms with Crippen molar-refractivity contribution in [1.29, 1.82) is 0 Å². The summed E-state index contributed by atoms with van der Waals surface area (Å²) in [5, 5.41) is 0. The van der Waals surface area contributed by atoms with Crippen molar-refractivity contribution in [3.05, 3.63) is 65.2 Å². The standard InChI is InChI=1S/C15H16F2N2S/c1-10-4-2-3-5-15(10)20-9-14(19-18)12-7-6-11(16)8-13(12)17/h2-8,14,19H,9,18H2,1H3. The number of aryl methyl sites for hydroxylation is 1. The topological polar surface area (TPSA) is 38.0 Å². The quantitative estimate of drug-likeness (QED) is 0.503. The summed E-state index contributed by atoms with van der Waals surface area (Å²) in [5.41, 5.74) is 4.12. The van der Waals surface area contributed by atoms with E-state index in [0.29, 0.717) is 11.3 Å². The number of hydrogen-bond acceptors (Lipinski definition) is 3. The fraction of sp³-hybridized carbons (Fsp3) is 0.200. The molecular weight excluding hydrogens is 278 g/mol. The number of halogens is 2. The monoisotopic (exact) mass is 294 g/mol. The van der Waals surface area contributed by atoms with Crippen molar-refractivity contribution in [3.63, 3.8) is 0 Å². The van der Waals surface area contributed by atoms with Crippen molar-refractivity contribution in [2.45, 2.75) is 17.9 Å². The van der Waals surface area contributed by atoms with Crippen LogP contribution in [-0.4, -0.2) is 5.75 Å². The largest absolute Gasteiger partial charge is 0.271 e. The highest BCUT2D eigenvalue weighted by Gasteiger charge is 2.15. The maximum atomic E-state index is 13.7. The first-order valence-corrected chi connectivity index (χ1v) is 7.20. The minimum absolute atomic E-state index is 0.370. The predicted octanol–water partition coefficient (Wildman–Crippen LogP) is 3.57. The molecule has 20 heavy (non-hydrogen) atoms. The van der Waals surface area contributed by atoms with E-state index in [1.54, 1.807) is 11.8 Å². The van der Waals surface area contributed by atoms with Crippen LogP contribution >= 0.6 is 11.8 Å². The van der Waals surface area contributed by atoms with E-state index in [2.05, 4.69) is 5.43 Å². The van der Waals surface area contributed by atoms with E-state index in [0.717, 1.165) is 16.5 Å². The van der Waals surface area contributed by atoms with Crippen LogP contribution in [0.15, 0.2) is 47.4 Å². The molecule has 2 rings (SSSR count). The first kappa shape index (κ1) is 15.0. The van der Waals surface area contributed by atoms with Gasteiger partial charge in [0.1, 0.15) is 11.6 Å². The summed E-state index contributed by atoms with van der Waals surface area (Å²) in [6, 6.07) is 11.1. The third-order valence-electron chi connectivity index (χ3n) is 3.04. The minimum atomic E-state index is -0.589. The lowest BCUT2D eigenvalue weighted by atomic mass is 10.1. The molecule has 0 saturated heterocycles. The zero-order valence-corrected chi connectivity index (χ0v) is 11.9. The van der Waals surface area contributed by atoms with Gasteiger partial charge >= 0.3 is 0 Å². The molecule has 0 bridgehead atoms. The fourth-order valence-corrected chi connectivity index (χ4v) is 3.00. The molecule has 0 radical (unpaired) electrons. The SMILES string of the molecule is Cc1ccccc1SCC(NN)c1ccc(F)cc1F. The van der Waals surface area contributed by atoms with Gasteiger partial charge in [-0.15, -0.1) is 11.8 Å². The molecule has 1 unspecified atom stereocenters. The lowest BCUT2D eigenvalue weighted by Crippen LogP contribution is -2.30. The Hall–Kier alpha value is -1.43. The number of benzene rings is 2. The Morgan fingerprint density at radius 1 is 1.20 bits per heavy atom. The third-order valence-corrected chi connectivity index (χ3v) is 4.31. The van der Waals surface area contributed by atoms with Gasteiger partial charge < -0.3 is 0 Å². The zero-order chi connectivity index (χ0) is 14.5. The number of hydrazine groups is 1. The Morgan fingerprint density at radius 2 is 1.95 bits per heavy atom. The number of nitrogens with two attached hydrogens (primary N) is 1. The summed E-state index contributed by atoms with van der Waals surface area (Å²) in [6.07, 6.45) is 0. The van der Waals surface area contributed by atoms with Crippen LogP contribution < -0.4 is 11.3 Å². The lowest BCUT2D eigenvalue weighted by Gasteiger charge is -2.17. The van der Waals surface area contributed by atoms with Gasteiger partial charge in [0.2, 0.25) is 0 Å². The van der Waals surface area contributed by atoms with Crippen molar-refractivity contribution in [2.75, 3.05) is 5.75 Å². The second kappa shape index (κ2) is 6.83. The molecule has 5 heteroatoms. The minimum Gasteiger partial charge on any atom is -0.271 e. The molecule has 0 amide bonds. The summed E-state index contributed by atoms with van der Waals surface area (Å²) in [4.78, 5) is 1.12. The van der Waals surface area contributed by atoms with E-state index >= 15 is 0 Å². The Labute approximate surface area is 121 Å². The molecule has 0 aliphatic carbocycles. The number of rotatable bonds is 5. The van der Waals surface area contributed by atoms with Gasteiger partial charge in [0.15, 0.2) is 0 Å². The molecule has 2 nitrogen and oxygen atoms in total. The molecule has 1 atom stereocenters. The molecule has 2 aromatic carbocycles. The molecule has 0 heterocycles. The molecule has 0 aromatic heterocycles. The van der Waals surface area contributed by atoms with Gasteiger partial charge in [0.05, 0.1) is 6.04 Å². The van der Waals surface area contributed by atoms with Gasteiger partial charge in [-0.2, -0.15) is 0 Å². The Kier molecular flexibility index (Phi) is 5.11. The summed E-state index contributed by atoms with van der Waals surface area (Å²) < 4.78 is 26.7. The Bertz CT molecular complexity index is 590. The normalized spacial score (nSPS) is 12.4. The van der Waals surface area contributed by atoms with E-state index in [1.807, 2.05) is 31.2 Å². The summed E-state index contributed by atoms with van der Waals surface area (Å²) in [6.45, 7) is 2.02. The zero-order valence-electron chi connectivity index (χ0n) is 11.1. The van der Waals surface area contributed by atoms with Gasteiger partial charge in [0.25, 0.3) is 0 Å². The van der Waals surface area contributed by atoms with Crippen LogP contribution in [0.2, 0.25) is 0 Å². The summed E-state index contributed by atoms with van der Waals surface area (Å²) in [7, 11) is 0. The van der Waals surface area contributed by atoms with E-state index in [4.69, 9.17) is 5.84 Å². The third kappa shape index (κ3) is 3.56. The molecular formula is C15H16F2N2S. The second-order valence-electron chi connectivity index (χ2n) is 4.46. The van der Waals surface area contributed by atoms with Gasteiger partial charge in [-0.25, -0.2) is 8.78 Å². The average Bonchev–Trinajstić information content (AvgIpc) is 2.43. The second-order valence-corrected chi connectivity index (χ2v) is 5.52. The average molecular weight is 294 g/mol. The first-order valence-electron chi connectivity index (χ1n) is 6.21. The van der Waals surface area contributed by atoms with Gasteiger partial charge in [-0.3, -0.25) is 11.3 Å². The molecule has 0 saturated carbocycles. The van der Waals surface area contributed by atoms with E-state index < -0.39 is 11.6 Å². The van der Waals surface area contributed by atoms with Gasteiger partial charge in [-0.1, -0.05) is 24.3 Å². The number of hydrogen-bond donors (Lipinski definition) is 2. The van der Waals surface area contributed by atoms with Crippen LogP contribution in [0.3, 0.4) is 0 Å². The van der Waals surface area contributed by atoms with Crippen molar-refractivity contribution in [1.82, 2.24) is 5.43 Å². The number of thioether (sulfide) groups is 1. The van der Waals surface area contributed by atoms with Crippen molar-refractivity contribution in [2.24, 2.45) is 5.84 Å². The van der Waals surface area contributed by atoms with Crippen molar-refractivity contribution < 1.29 is 8.78 Å². The highest BCUT2D eigenvalue weighted by Crippen LogP contribution is 2.28. The molecule has 3 N–H and O–H groups in total. The summed E-state index contributed by atoms with van der Waals surface area (Å²) >= 11 is 1.58. The van der Waals surface area contributed by atoms with Crippen LogP contribution in [0.1, 0.15) is 17.2 Å². The maximum absolute atomic E-state index is 13.7. The van der Waals surface area contributed by atoms with E-state index in [9.17, 15) is 8.78 Å². The van der Waals surface area contributed by atoms with Gasteiger partial charge in [0, 0.05) is 22.3 Å². The van der Waals surface area contributed by atoms with E-state index in [-0.39, 0.29) is 6.04 Å². The van der Waals surface area contributed by atoms with Crippen molar-refractivity contribution in [3.8, 4) is 0 Å². The molecule has 0 aliphatic rings. The van der Waals surface area contributed by atoms with Crippen LogP contribution in [0.4, 0.5) is 8.78 Å². The number of nitrogens with one attached hydrogen (secondary N) is 1. The lowest BCUT2D eigenvalue weighted by molar-refractivity contribution is 0.531. The molecule has 0 aliphatic heterocycles. The fourth-order valence-electron chi connectivity index (χ4n) is 1.90. The van der Waals surface area contributed by atoms with Crippen LogP contribution in [0.5, 0.6) is 0 Å². The molecule has 0 spiro atoms. The highest BCUT2D eigenvalue weighted by atomic mass is 32.2. The molecule has 0 fully saturated rings.